The number of hydrogen-bond acceptors (Lipinski definition) is 4. The zero-order chi connectivity index (χ0) is 27.0. The number of rotatable bonds is 3. The van der Waals surface area contributed by atoms with Crippen molar-refractivity contribution in [1.29, 1.82) is 0 Å². The first kappa shape index (κ1) is 24.9. The molecule has 0 radical (unpaired) electrons. The van der Waals surface area contributed by atoms with Gasteiger partial charge in [0.05, 0.1) is 17.0 Å². The molecule has 6 rings (SSSR count). The summed E-state index contributed by atoms with van der Waals surface area (Å²) in [4.78, 5) is 45.2. The zero-order valence-corrected chi connectivity index (χ0v) is 22.7. The van der Waals surface area contributed by atoms with Crippen LogP contribution in [0.15, 0.2) is 72.8 Å². The number of ketones is 2. The molecule has 0 aromatic heterocycles. The fraction of sp³-hybridized carbons (Fsp3) is 0.258. The van der Waals surface area contributed by atoms with Crippen LogP contribution in [0.25, 0.3) is 6.08 Å². The number of halogens is 2. The number of carbonyl (C=O) groups excluding carboxylic acids is 3. The second-order valence-corrected chi connectivity index (χ2v) is 12.0. The van der Waals surface area contributed by atoms with Crippen LogP contribution in [-0.4, -0.2) is 29.6 Å². The largest absolute Gasteiger partial charge is 0.352 e. The summed E-state index contributed by atoms with van der Waals surface area (Å²) in [6.07, 6.45) is 3.86. The lowest BCUT2D eigenvalue weighted by Crippen LogP contribution is -2.51. The van der Waals surface area contributed by atoms with Gasteiger partial charge >= 0.3 is 0 Å². The molecule has 1 spiro atoms. The molecule has 3 aromatic rings. The van der Waals surface area contributed by atoms with Crippen LogP contribution in [-0.2, 0) is 15.0 Å². The van der Waals surface area contributed by atoms with Gasteiger partial charge in [0.2, 0.25) is 5.91 Å². The molecule has 3 aliphatic rings. The number of nitrogens with zero attached hydrogens (tertiary/aromatic N) is 1. The number of hydrogen-bond donors (Lipinski definition) is 1. The molecule has 4 atom stereocenters. The molecule has 3 aromatic carbocycles. The monoisotopic (exact) mass is 544 g/mol. The highest BCUT2D eigenvalue weighted by atomic mass is 35.5. The molecule has 1 saturated heterocycles. The van der Waals surface area contributed by atoms with Crippen molar-refractivity contribution in [2.45, 2.75) is 38.3 Å². The minimum atomic E-state index is -1.35. The van der Waals surface area contributed by atoms with E-state index in [1.54, 1.807) is 30.3 Å². The third-order valence-corrected chi connectivity index (χ3v) is 8.59. The number of benzene rings is 3. The average Bonchev–Trinajstić information content (AvgIpc) is 3.35. The summed E-state index contributed by atoms with van der Waals surface area (Å²) in [6.45, 7) is 5.53. The summed E-state index contributed by atoms with van der Waals surface area (Å²) in [6, 6.07) is 18.2. The van der Waals surface area contributed by atoms with Crippen molar-refractivity contribution in [2.75, 3.05) is 10.2 Å². The van der Waals surface area contributed by atoms with Crippen LogP contribution in [0.3, 0.4) is 0 Å². The van der Waals surface area contributed by atoms with Crippen LogP contribution >= 0.6 is 23.2 Å². The smallest absolute Gasteiger partial charge is 0.238 e. The van der Waals surface area contributed by atoms with E-state index >= 15 is 0 Å². The van der Waals surface area contributed by atoms with Gasteiger partial charge in [-0.1, -0.05) is 86.5 Å². The lowest BCUT2D eigenvalue weighted by molar-refractivity contribution is -0.128. The summed E-state index contributed by atoms with van der Waals surface area (Å²) in [5.41, 5.74) is 1.09. The second kappa shape index (κ2) is 8.55. The number of amides is 1. The minimum absolute atomic E-state index is 0.127. The van der Waals surface area contributed by atoms with Crippen molar-refractivity contribution in [2.24, 2.45) is 11.3 Å². The fourth-order valence-electron chi connectivity index (χ4n) is 6.42. The number of carbonyl (C=O) groups is 3. The fourth-order valence-corrected chi connectivity index (χ4v) is 6.83. The predicted molar refractivity (Wildman–Crippen MR) is 151 cm³/mol. The highest BCUT2D eigenvalue weighted by molar-refractivity contribution is 6.34. The summed E-state index contributed by atoms with van der Waals surface area (Å²) >= 11 is 12.9. The van der Waals surface area contributed by atoms with Gasteiger partial charge < -0.3 is 10.2 Å². The number of fused-ring (bicyclic) bond motifs is 6. The van der Waals surface area contributed by atoms with Crippen molar-refractivity contribution in [1.82, 2.24) is 0 Å². The average molecular weight is 545 g/mol. The highest BCUT2D eigenvalue weighted by Crippen LogP contribution is 2.58. The molecule has 0 bridgehead atoms. The molecule has 0 aliphatic carbocycles. The number of para-hydroxylation sites is 1. The predicted octanol–water partition coefficient (Wildman–Crippen LogP) is 6.58. The van der Waals surface area contributed by atoms with Crippen molar-refractivity contribution >= 4 is 58.1 Å². The normalized spacial score (nSPS) is 25.1. The van der Waals surface area contributed by atoms with Crippen LogP contribution in [0.1, 0.15) is 42.3 Å². The lowest BCUT2D eigenvalue weighted by atomic mass is 9.63. The van der Waals surface area contributed by atoms with E-state index < -0.39 is 28.8 Å². The Balaban J connectivity index is 1.70. The molecule has 1 amide bonds. The standard InChI is InChI=1S/C31H26Cl2N2O3/c1-30(2,3)28(37)26-25(27(36)19-8-4-6-10-21(19)33)31(20-9-5-7-11-22(20)34-29(31)38)24-15-12-17-16-18(32)13-14-23(17)35(24)26/h4-16,24-26H,1-3H3,(H,34,38)/t24-,25-,26+,31+/m1/s1. The topological polar surface area (TPSA) is 66.5 Å². The molecule has 3 heterocycles. The van der Waals surface area contributed by atoms with E-state index in [0.717, 1.165) is 11.3 Å². The van der Waals surface area contributed by atoms with Crippen molar-refractivity contribution in [3.63, 3.8) is 0 Å². The highest BCUT2D eigenvalue weighted by Gasteiger charge is 2.70. The van der Waals surface area contributed by atoms with Crippen LogP contribution in [0.5, 0.6) is 0 Å². The van der Waals surface area contributed by atoms with Gasteiger partial charge in [0, 0.05) is 27.4 Å². The number of anilines is 2. The molecule has 0 unspecified atom stereocenters. The Labute approximate surface area is 231 Å². The van der Waals surface area contributed by atoms with Crippen LogP contribution in [0.4, 0.5) is 11.4 Å². The maximum absolute atomic E-state index is 14.6. The molecular weight excluding hydrogens is 519 g/mol. The molecule has 1 N–H and O–H groups in total. The lowest BCUT2D eigenvalue weighted by Gasteiger charge is -2.38. The van der Waals surface area contributed by atoms with Crippen molar-refractivity contribution in [3.05, 3.63) is 99.5 Å². The van der Waals surface area contributed by atoms with Gasteiger partial charge in [-0.3, -0.25) is 14.4 Å². The van der Waals surface area contributed by atoms with Crippen LogP contribution < -0.4 is 10.2 Å². The maximum Gasteiger partial charge on any atom is 0.238 e. The first-order chi connectivity index (χ1) is 18.1. The molecule has 38 heavy (non-hydrogen) atoms. The maximum atomic E-state index is 14.6. The number of nitrogens with one attached hydrogen (secondary N) is 1. The Kier molecular flexibility index (Phi) is 5.60. The SMILES string of the molecule is CC(C)(C)C(=O)[C@@H]1[C@H](C(=O)c2ccccc2Cl)[C@@]2(C(=O)Nc3ccccc32)[C@H]2C=Cc3cc(Cl)ccc3N12. The number of Topliss-reactive ketones (excluding diaryl/α,β-unsaturated/α-hetero) is 2. The van der Waals surface area contributed by atoms with E-state index in [9.17, 15) is 14.4 Å². The Hall–Kier alpha value is -3.41. The van der Waals surface area contributed by atoms with E-state index in [0.29, 0.717) is 21.8 Å². The molecular formula is C31H26Cl2N2O3. The van der Waals surface area contributed by atoms with Gasteiger partial charge in [0.15, 0.2) is 11.6 Å². The second-order valence-electron chi connectivity index (χ2n) is 11.2. The molecule has 7 heteroatoms. The van der Waals surface area contributed by atoms with Gasteiger partial charge in [-0.2, -0.15) is 0 Å². The minimum Gasteiger partial charge on any atom is -0.352 e. The molecule has 192 valence electrons. The Morgan fingerprint density at radius 3 is 2.42 bits per heavy atom. The third-order valence-electron chi connectivity index (χ3n) is 8.02. The summed E-state index contributed by atoms with van der Waals surface area (Å²) < 4.78 is 0. The van der Waals surface area contributed by atoms with Crippen molar-refractivity contribution in [3.8, 4) is 0 Å². The third kappa shape index (κ3) is 3.35. The van der Waals surface area contributed by atoms with E-state index in [4.69, 9.17) is 23.2 Å². The quantitative estimate of drug-likeness (QED) is 0.378. The van der Waals surface area contributed by atoms with Crippen molar-refractivity contribution < 1.29 is 14.4 Å². The van der Waals surface area contributed by atoms with Gasteiger partial charge in [0.1, 0.15) is 11.5 Å². The molecule has 3 aliphatic heterocycles. The van der Waals surface area contributed by atoms with Gasteiger partial charge in [-0.15, -0.1) is 0 Å². The summed E-state index contributed by atoms with van der Waals surface area (Å²) in [7, 11) is 0. The first-order valence-corrected chi connectivity index (χ1v) is 13.3. The van der Waals surface area contributed by atoms with Crippen LogP contribution in [0, 0.1) is 11.3 Å². The Morgan fingerprint density at radius 1 is 0.974 bits per heavy atom. The Morgan fingerprint density at radius 2 is 1.68 bits per heavy atom. The Bertz CT molecular complexity index is 1560. The van der Waals surface area contributed by atoms with E-state index in [2.05, 4.69) is 5.32 Å². The zero-order valence-electron chi connectivity index (χ0n) is 21.2. The van der Waals surface area contributed by atoms with E-state index in [1.165, 1.54) is 0 Å². The summed E-state index contributed by atoms with van der Waals surface area (Å²) in [5, 5.41) is 3.88. The van der Waals surface area contributed by atoms with Crippen LogP contribution in [0.2, 0.25) is 10.0 Å². The first-order valence-electron chi connectivity index (χ1n) is 12.6. The van der Waals surface area contributed by atoms with Gasteiger partial charge in [-0.05, 0) is 47.5 Å². The van der Waals surface area contributed by atoms with Gasteiger partial charge in [-0.25, -0.2) is 0 Å². The van der Waals surface area contributed by atoms with E-state index in [-0.39, 0.29) is 22.5 Å². The molecule has 0 saturated carbocycles. The summed E-state index contributed by atoms with van der Waals surface area (Å²) in [5.74, 6) is -1.79. The molecule has 5 nitrogen and oxygen atoms in total. The van der Waals surface area contributed by atoms with Gasteiger partial charge in [0.25, 0.3) is 0 Å². The molecule has 1 fully saturated rings. The van der Waals surface area contributed by atoms with E-state index in [1.807, 2.05) is 74.2 Å².